The summed E-state index contributed by atoms with van der Waals surface area (Å²) in [6.45, 7) is 1.11. The van der Waals surface area contributed by atoms with Gasteiger partial charge >= 0.3 is 0 Å². The van der Waals surface area contributed by atoms with Crippen molar-refractivity contribution >= 4 is 28.8 Å². The molecule has 0 aliphatic rings. The molecule has 0 atom stereocenters. The Labute approximate surface area is 299 Å². The number of rotatable bonds is 7. The molecule has 6 aromatic carbocycles. The zero-order valence-electron chi connectivity index (χ0n) is 50.3. The van der Waals surface area contributed by atoms with Gasteiger partial charge in [0.15, 0.2) is 25.5 Å². The van der Waals surface area contributed by atoms with Gasteiger partial charge < -0.3 is 0 Å². The van der Waals surface area contributed by atoms with Gasteiger partial charge in [0, 0.05) is 16.7 Å². The van der Waals surface area contributed by atoms with Gasteiger partial charge in [0.2, 0.25) is 0 Å². The highest BCUT2D eigenvalue weighted by Gasteiger charge is 2.41. The first-order chi connectivity index (χ1) is 33.3. The highest BCUT2D eigenvalue weighted by molar-refractivity contribution is 7.19. The van der Waals surface area contributed by atoms with Crippen LogP contribution in [0.4, 0.5) is 0 Å². The van der Waals surface area contributed by atoms with Gasteiger partial charge in [-0.25, -0.2) is 15.0 Å². The zero-order valence-corrected chi connectivity index (χ0v) is 23.3. The van der Waals surface area contributed by atoms with E-state index in [0.717, 1.165) is 6.92 Å². The third-order valence-corrected chi connectivity index (χ3v) is 10.2. The van der Waals surface area contributed by atoms with Crippen molar-refractivity contribution in [2.45, 2.75) is 6.92 Å². The first-order valence-electron chi connectivity index (χ1n) is 26.6. The van der Waals surface area contributed by atoms with E-state index >= 15 is 0 Å². The summed E-state index contributed by atoms with van der Waals surface area (Å²) < 4.78 is 249. The quantitative estimate of drug-likeness (QED) is 0.152. The van der Waals surface area contributed by atoms with Crippen LogP contribution in [0.25, 0.3) is 34.2 Å². The summed E-state index contributed by atoms with van der Waals surface area (Å²) in [5, 5.41) is -4.27. The molecule has 0 saturated heterocycles. The minimum Gasteiger partial charge on any atom is -0.208 e. The summed E-state index contributed by atoms with van der Waals surface area (Å²) >= 11 is 0. The summed E-state index contributed by atoms with van der Waals surface area (Å²) in [4.78, 5) is 12.7. The number of hydrogen-bond donors (Lipinski definition) is 0. The molecule has 4 heteroatoms. The SMILES string of the molecule is [2H]c1c([2H])c([2H])c(-c2nc(-c3c([2H])c([2H])c([2H])c([2H])c3[2H])nc(-c3c([2H])c([2H])c([2H])c([Si](c4c([2H])c([2H])c([2H])c([2H])c4[2H])(c4c([2H])c([2H])c([2H])c([2H])c4[2H])c4c([2H])c([2H])c([2H])c(C)c4[2H])c3[2H])n2)c([2H])c1[2H]. The van der Waals surface area contributed by atoms with Crippen molar-refractivity contribution in [1.29, 1.82) is 0 Å². The molecule has 1 aromatic heterocycles. The second kappa shape index (κ2) is 12.0. The fourth-order valence-corrected chi connectivity index (χ4v) is 8.02. The van der Waals surface area contributed by atoms with Crippen LogP contribution < -0.4 is 20.7 Å². The molecule has 1 heterocycles. The lowest BCUT2D eigenvalue weighted by Crippen LogP contribution is -2.74. The fraction of sp³-hybridized carbons (Fsp3) is 0.0250. The van der Waals surface area contributed by atoms with Crippen molar-refractivity contribution in [3.8, 4) is 34.2 Å². The summed E-state index contributed by atoms with van der Waals surface area (Å²) in [6.07, 6.45) is 0. The number of nitrogens with zero attached hydrogens (tertiary/aromatic N) is 3. The second-order valence-electron chi connectivity index (χ2n) is 8.81. The Morgan fingerprint density at radius 3 is 1.25 bits per heavy atom. The van der Waals surface area contributed by atoms with Gasteiger partial charge in [-0.3, -0.25) is 0 Å². The number of aromatic nitrogens is 3. The molecule has 0 amide bonds. The topological polar surface area (TPSA) is 38.7 Å². The van der Waals surface area contributed by atoms with Gasteiger partial charge in [0.25, 0.3) is 0 Å². The molecule has 0 radical (unpaired) electrons. The molecule has 0 unspecified atom stereocenters. The molecular formula is C40H31N3Si. The molecule has 0 N–H and O–H groups in total. The van der Waals surface area contributed by atoms with E-state index in [-0.39, 0.29) is 0 Å². The second-order valence-corrected chi connectivity index (χ2v) is 12.3. The molecule has 0 fully saturated rings. The van der Waals surface area contributed by atoms with Crippen LogP contribution in [0.5, 0.6) is 0 Å². The van der Waals surface area contributed by atoms with Crippen molar-refractivity contribution in [3.63, 3.8) is 0 Å². The Hall–Kier alpha value is -5.45. The Kier molecular flexibility index (Phi) is 2.82. The van der Waals surface area contributed by atoms with Gasteiger partial charge in [-0.15, -0.1) is 0 Å². The maximum absolute atomic E-state index is 10.1. The van der Waals surface area contributed by atoms with E-state index in [2.05, 4.69) is 15.0 Å². The van der Waals surface area contributed by atoms with Crippen LogP contribution in [0.15, 0.2) is 169 Å². The first kappa shape index (κ1) is 10.3. The summed E-state index contributed by atoms with van der Waals surface area (Å²) in [5.74, 6) is -2.91. The third kappa shape index (κ3) is 5.17. The zero-order chi connectivity index (χ0) is 54.1. The molecule has 0 aliphatic carbocycles. The van der Waals surface area contributed by atoms with E-state index in [0.29, 0.717) is 0 Å². The molecule has 3 nitrogen and oxygen atoms in total. The molecular weight excluding hydrogens is 551 g/mol. The maximum atomic E-state index is 10.1. The minimum atomic E-state index is -6.25. The van der Waals surface area contributed by atoms with E-state index in [4.69, 9.17) is 24.7 Å². The lowest BCUT2D eigenvalue weighted by molar-refractivity contribution is 1.07. The predicted molar refractivity (Wildman–Crippen MR) is 184 cm³/mol. The summed E-state index contributed by atoms with van der Waals surface area (Å²) in [7, 11) is -6.25. The molecule has 7 rings (SSSR count). The van der Waals surface area contributed by atoms with Gasteiger partial charge in [-0.2, -0.15) is 0 Å². The third-order valence-electron chi connectivity index (χ3n) is 6.18. The van der Waals surface area contributed by atoms with E-state index in [1.807, 2.05) is 0 Å². The summed E-state index contributed by atoms with van der Waals surface area (Å²) in [5.41, 5.74) is -3.14. The van der Waals surface area contributed by atoms with Crippen LogP contribution >= 0.6 is 0 Å². The lowest BCUT2D eigenvalue weighted by Gasteiger charge is -2.34. The van der Waals surface area contributed by atoms with Crippen LogP contribution in [0.2, 0.25) is 0 Å². The van der Waals surface area contributed by atoms with Crippen molar-refractivity contribution < 1.29 is 38.4 Å². The Morgan fingerprint density at radius 2 is 0.750 bits per heavy atom. The van der Waals surface area contributed by atoms with Crippen molar-refractivity contribution in [1.82, 2.24) is 15.0 Å². The van der Waals surface area contributed by atoms with Gasteiger partial charge in [-0.1, -0.05) is 175 Å². The minimum absolute atomic E-state index is 0.451. The fourth-order valence-electron chi connectivity index (χ4n) is 4.33. The Bertz CT molecular complexity index is 3200. The molecule has 44 heavy (non-hydrogen) atoms. The highest BCUT2D eigenvalue weighted by Crippen LogP contribution is 2.25. The van der Waals surface area contributed by atoms with Gasteiger partial charge in [0.05, 0.1) is 38.4 Å². The van der Waals surface area contributed by atoms with Gasteiger partial charge in [0.1, 0.15) is 0 Å². The number of benzene rings is 6. The van der Waals surface area contributed by atoms with Crippen LogP contribution in [-0.4, -0.2) is 23.0 Å². The maximum Gasteiger partial charge on any atom is 0.179 e. The normalized spacial score (nSPS) is 20.2. The molecule has 7 aromatic rings. The largest absolute Gasteiger partial charge is 0.208 e. The van der Waals surface area contributed by atoms with Crippen LogP contribution in [0.1, 0.15) is 43.9 Å². The monoisotopic (exact) mass is 609 g/mol. The Balaban J connectivity index is 1.88. The molecule has 0 aliphatic heterocycles. The van der Waals surface area contributed by atoms with Gasteiger partial charge in [-0.05, 0) is 27.7 Å². The van der Waals surface area contributed by atoms with E-state index < -0.39 is 238 Å². The number of hydrogen-bond acceptors (Lipinski definition) is 3. The Morgan fingerprint density at radius 1 is 0.386 bits per heavy atom. The van der Waals surface area contributed by atoms with E-state index in [1.54, 1.807) is 0 Å². The molecule has 0 bridgehead atoms. The summed E-state index contributed by atoms with van der Waals surface area (Å²) in [6, 6.07) is -30.0. The van der Waals surface area contributed by atoms with Crippen molar-refractivity contribution in [2.24, 2.45) is 0 Å². The molecule has 0 spiro atoms. The van der Waals surface area contributed by atoms with Crippen molar-refractivity contribution in [2.75, 3.05) is 0 Å². The molecule has 0 saturated carbocycles. The highest BCUT2D eigenvalue weighted by atomic mass is 28.3. The van der Waals surface area contributed by atoms with Crippen molar-refractivity contribution in [3.05, 3.63) is 175 Å². The average Bonchev–Trinajstić information content (AvgIpc) is 3.34. The lowest BCUT2D eigenvalue weighted by atomic mass is 10.1. The predicted octanol–water partition coefficient (Wildman–Crippen LogP) is 6.56. The molecule has 210 valence electrons. The standard InChI is InChI=1S/C40H31N3Si/c1-30-16-14-26-36(28-30)44(34-22-10-4-11-23-34,35-24-12-5-13-25-35)37-27-15-21-33(29-37)40-42-38(31-17-6-2-7-18-31)41-39(43-40)32-19-8-3-9-20-32/h2-29H,1H3/i2D,3D,4D,5D,6D,7D,8D,9D,10D,11D,12D,13D,14D,15D,16D,17D,18D,19D,20D,21D,22D,23D,24D,25D,26D,27D,28D,29D. The van der Waals surface area contributed by atoms with Crippen LogP contribution in [0, 0.1) is 6.92 Å². The van der Waals surface area contributed by atoms with E-state index in [9.17, 15) is 13.7 Å². The first-order valence-corrected chi connectivity index (χ1v) is 14.6. The smallest absolute Gasteiger partial charge is 0.179 e. The van der Waals surface area contributed by atoms with Crippen LogP contribution in [0.3, 0.4) is 0 Å². The van der Waals surface area contributed by atoms with E-state index in [1.165, 1.54) is 0 Å². The average molecular weight is 610 g/mol. The van der Waals surface area contributed by atoms with Crippen LogP contribution in [-0.2, 0) is 0 Å².